The molecule has 0 unspecified atom stereocenters. The minimum atomic E-state index is -0.0184. The van der Waals surface area contributed by atoms with Crippen molar-refractivity contribution in [3.05, 3.63) is 51.5 Å². The molecule has 1 aromatic carbocycles. The van der Waals surface area contributed by atoms with Gasteiger partial charge in [0.15, 0.2) is 0 Å². The van der Waals surface area contributed by atoms with Crippen molar-refractivity contribution >= 4 is 17.2 Å². The van der Waals surface area contributed by atoms with Crippen LogP contribution in [0.2, 0.25) is 0 Å². The van der Waals surface area contributed by atoms with Gasteiger partial charge in [-0.15, -0.1) is 11.3 Å². The fourth-order valence-corrected chi connectivity index (χ4v) is 2.75. The van der Waals surface area contributed by atoms with Crippen LogP contribution in [0.3, 0.4) is 0 Å². The molecule has 1 amide bonds. The molecule has 112 valence electrons. The number of aromatic nitrogens is 1. The Morgan fingerprint density at radius 1 is 1.14 bits per heavy atom. The summed E-state index contributed by atoms with van der Waals surface area (Å²) >= 11 is 1.70. The van der Waals surface area contributed by atoms with Crippen LogP contribution < -0.4 is 10.6 Å². The lowest BCUT2D eigenvalue weighted by Crippen LogP contribution is -2.32. The highest BCUT2D eigenvalue weighted by atomic mass is 32.1. The van der Waals surface area contributed by atoms with Crippen molar-refractivity contribution in [3.8, 4) is 0 Å². The van der Waals surface area contributed by atoms with Gasteiger partial charge in [0.25, 0.3) is 5.91 Å². The minimum absolute atomic E-state index is 0.0184. The second kappa shape index (κ2) is 7.90. The highest BCUT2D eigenvalue weighted by molar-refractivity contribution is 7.09. The number of hydrogen-bond acceptors (Lipinski definition) is 4. The van der Waals surface area contributed by atoms with E-state index in [0.29, 0.717) is 12.1 Å². The standard InChI is InChI=1S/C16H21N3OS/c1-12-3-5-14(6-4-12)16(20)18-10-9-17-8-7-15-13(2)19-11-21-15/h3-6,11,17H,7-10H2,1-2H3,(H,18,20). The number of nitrogens with zero attached hydrogens (tertiary/aromatic N) is 1. The number of aryl methyl sites for hydroxylation is 2. The quantitative estimate of drug-likeness (QED) is 0.772. The summed E-state index contributed by atoms with van der Waals surface area (Å²) in [4.78, 5) is 17.4. The van der Waals surface area contributed by atoms with Crippen LogP contribution in [0.1, 0.15) is 26.5 Å². The first kappa shape index (κ1) is 15.7. The summed E-state index contributed by atoms with van der Waals surface area (Å²) < 4.78 is 0. The summed E-state index contributed by atoms with van der Waals surface area (Å²) in [7, 11) is 0. The molecule has 1 heterocycles. The van der Waals surface area contributed by atoms with Gasteiger partial charge in [0.1, 0.15) is 0 Å². The van der Waals surface area contributed by atoms with Crippen molar-refractivity contribution < 1.29 is 4.79 Å². The summed E-state index contributed by atoms with van der Waals surface area (Å²) in [6.45, 7) is 6.36. The Balaban J connectivity index is 1.60. The molecular weight excluding hydrogens is 282 g/mol. The van der Waals surface area contributed by atoms with Crippen molar-refractivity contribution in [2.24, 2.45) is 0 Å². The molecule has 21 heavy (non-hydrogen) atoms. The predicted molar refractivity (Wildman–Crippen MR) is 86.9 cm³/mol. The molecule has 0 radical (unpaired) electrons. The fourth-order valence-electron chi connectivity index (χ4n) is 1.96. The van der Waals surface area contributed by atoms with Crippen LogP contribution in [0.5, 0.6) is 0 Å². The molecule has 0 aliphatic heterocycles. The highest BCUT2D eigenvalue weighted by Crippen LogP contribution is 2.11. The number of rotatable bonds is 7. The maximum atomic E-state index is 11.9. The first-order chi connectivity index (χ1) is 10.2. The van der Waals surface area contributed by atoms with E-state index in [4.69, 9.17) is 0 Å². The van der Waals surface area contributed by atoms with E-state index in [1.807, 2.05) is 43.6 Å². The van der Waals surface area contributed by atoms with Gasteiger partial charge in [-0.1, -0.05) is 17.7 Å². The smallest absolute Gasteiger partial charge is 0.251 e. The number of carbonyl (C=O) groups is 1. The lowest BCUT2D eigenvalue weighted by molar-refractivity contribution is 0.0954. The largest absolute Gasteiger partial charge is 0.351 e. The Morgan fingerprint density at radius 2 is 1.90 bits per heavy atom. The van der Waals surface area contributed by atoms with Crippen LogP contribution in [0.4, 0.5) is 0 Å². The molecule has 0 bridgehead atoms. The molecule has 2 aromatic rings. The Labute approximate surface area is 129 Å². The molecule has 0 fully saturated rings. The van der Waals surface area contributed by atoms with Gasteiger partial charge < -0.3 is 10.6 Å². The molecule has 0 saturated heterocycles. The molecular formula is C16H21N3OS. The number of carbonyl (C=O) groups excluding carboxylic acids is 1. The first-order valence-corrected chi connectivity index (χ1v) is 7.99. The highest BCUT2D eigenvalue weighted by Gasteiger charge is 2.04. The number of amides is 1. The SMILES string of the molecule is Cc1ccc(C(=O)NCCNCCc2scnc2C)cc1. The van der Waals surface area contributed by atoms with Crippen molar-refractivity contribution in [2.45, 2.75) is 20.3 Å². The average Bonchev–Trinajstić information content (AvgIpc) is 2.88. The lowest BCUT2D eigenvalue weighted by Gasteiger charge is -2.07. The third kappa shape index (κ3) is 4.95. The normalized spacial score (nSPS) is 10.6. The number of hydrogen-bond donors (Lipinski definition) is 2. The second-order valence-corrected chi connectivity index (χ2v) is 5.92. The van der Waals surface area contributed by atoms with Gasteiger partial charge in [-0.25, -0.2) is 4.98 Å². The van der Waals surface area contributed by atoms with Crippen LogP contribution in [-0.2, 0) is 6.42 Å². The number of benzene rings is 1. The number of nitrogens with one attached hydrogen (secondary N) is 2. The van der Waals surface area contributed by atoms with Crippen LogP contribution >= 0.6 is 11.3 Å². The zero-order valence-corrected chi connectivity index (χ0v) is 13.3. The summed E-state index contributed by atoms with van der Waals surface area (Å²) in [6.07, 6.45) is 0.989. The van der Waals surface area contributed by atoms with E-state index >= 15 is 0 Å². The molecule has 2 rings (SSSR count). The Kier molecular flexibility index (Phi) is 5.90. The predicted octanol–water partition coefficient (Wildman–Crippen LogP) is 2.32. The fraction of sp³-hybridized carbons (Fsp3) is 0.375. The molecule has 4 nitrogen and oxygen atoms in total. The minimum Gasteiger partial charge on any atom is -0.351 e. The molecule has 0 aliphatic rings. The van der Waals surface area contributed by atoms with E-state index in [1.54, 1.807) is 11.3 Å². The third-order valence-electron chi connectivity index (χ3n) is 3.27. The van der Waals surface area contributed by atoms with E-state index in [1.165, 1.54) is 4.88 Å². The zero-order chi connectivity index (χ0) is 15.1. The second-order valence-electron chi connectivity index (χ2n) is 4.98. The maximum Gasteiger partial charge on any atom is 0.251 e. The first-order valence-electron chi connectivity index (χ1n) is 7.11. The summed E-state index contributed by atoms with van der Waals surface area (Å²) in [6, 6.07) is 7.60. The summed E-state index contributed by atoms with van der Waals surface area (Å²) in [5.74, 6) is -0.0184. The van der Waals surface area contributed by atoms with Gasteiger partial charge in [-0.3, -0.25) is 4.79 Å². The molecule has 0 saturated carbocycles. The van der Waals surface area contributed by atoms with Gasteiger partial charge in [0, 0.05) is 30.1 Å². The van der Waals surface area contributed by atoms with Crippen molar-refractivity contribution in [3.63, 3.8) is 0 Å². The van der Waals surface area contributed by atoms with Gasteiger partial charge in [-0.05, 0) is 32.4 Å². The van der Waals surface area contributed by atoms with E-state index in [9.17, 15) is 4.79 Å². The van der Waals surface area contributed by atoms with Gasteiger partial charge in [0.05, 0.1) is 11.2 Å². The Hall–Kier alpha value is -1.72. The van der Waals surface area contributed by atoms with Crippen LogP contribution in [-0.4, -0.2) is 30.5 Å². The third-order valence-corrected chi connectivity index (χ3v) is 4.27. The van der Waals surface area contributed by atoms with Crippen LogP contribution in [0, 0.1) is 13.8 Å². The molecule has 0 aliphatic carbocycles. The maximum absolute atomic E-state index is 11.9. The zero-order valence-electron chi connectivity index (χ0n) is 12.5. The Bertz CT molecular complexity index is 577. The molecule has 1 aromatic heterocycles. The molecule has 5 heteroatoms. The van der Waals surface area contributed by atoms with E-state index in [0.717, 1.165) is 30.8 Å². The lowest BCUT2D eigenvalue weighted by atomic mass is 10.1. The summed E-state index contributed by atoms with van der Waals surface area (Å²) in [5.41, 5.74) is 4.87. The van der Waals surface area contributed by atoms with Crippen molar-refractivity contribution in [1.29, 1.82) is 0 Å². The average molecular weight is 303 g/mol. The van der Waals surface area contributed by atoms with Crippen molar-refractivity contribution in [1.82, 2.24) is 15.6 Å². The summed E-state index contributed by atoms with van der Waals surface area (Å²) in [5, 5.41) is 6.24. The Morgan fingerprint density at radius 3 is 2.57 bits per heavy atom. The van der Waals surface area contributed by atoms with E-state index < -0.39 is 0 Å². The van der Waals surface area contributed by atoms with Crippen LogP contribution in [0.25, 0.3) is 0 Å². The van der Waals surface area contributed by atoms with E-state index in [-0.39, 0.29) is 5.91 Å². The van der Waals surface area contributed by atoms with Gasteiger partial charge in [0.2, 0.25) is 0 Å². The van der Waals surface area contributed by atoms with E-state index in [2.05, 4.69) is 15.6 Å². The van der Waals surface area contributed by atoms with Gasteiger partial charge in [-0.2, -0.15) is 0 Å². The molecule has 2 N–H and O–H groups in total. The van der Waals surface area contributed by atoms with Crippen LogP contribution in [0.15, 0.2) is 29.8 Å². The van der Waals surface area contributed by atoms with Crippen molar-refractivity contribution in [2.75, 3.05) is 19.6 Å². The molecule has 0 atom stereocenters. The number of thiazole rings is 1. The topological polar surface area (TPSA) is 54.0 Å². The molecule has 0 spiro atoms. The monoisotopic (exact) mass is 303 g/mol. The van der Waals surface area contributed by atoms with Gasteiger partial charge >= 0.3 is 0 Å².